The van der Waals surface area contributed by atoms with Gasteiger partial charge in [0.25, 0.3) is 5.91 Å². The Labute approximate surface area is 246 Å². The molecular weight excluding hydrogens is 544 g/mol. The van der Waals surface area contributed by atoms with E-state index < -0.39 is 47.3 Å². The lowest BCUT2D eigenvalue weighted by Gasteiger charge is -2.50. The zero-order valence-corrected chi connectivity index (χ0v) is 25.4. The molecule has 4 aliphatic heterocycles. The Hall–Kier alpha value is -3.83. The first kappa shape index (κ1) is 31.1. The normalized spacial score (nSPS) is 25.3. The van der Waals surface area contributed by atoms with Crippen LogP contribution in [0.3, 0.4) is 0 Å². The van der Waals surface area contributed by atoms with Gasteiger partial charge in [-0.25, -0.2) is 14.4 Å². The minimum absolute atomic E-state index is 0.101. The Bertz CT molecular complexity index is 1220. The summed E-state index contributed by atoms with van der Waals surface area (Å²) in [7, 11) is 0. The maximum absolute atomic E-state index is 13.5. The van der Waals surface area contributed by atoms with Gasteiger partial charge in [0.05, 0.1) is 12.1 Å². The third kappa shape index (κ3) is 6.79. The average Bonchev–Trinajstić information content (AvgIpc) is 3.50. The van der Waals surface area contributed by atoms with Gasteiger partial charge in [-0.1, -0.05) is 12.7 Å². The van der Waals surface area contributed by atoms with Crippen molar-refractivity contribution in [3.05, 3.63) is 35.6 Å². The van der Waals surface area contributed by atoms with Gasteiger partial charge in [-0.15, -0.1) is 0 Å². The predicted molar refractivity (Wildman–Crippen MR) is 152 cm³/mol. The molecule has 1 N–H and O–H groups in total. The van der Waals surface area contributed by atoms with Crippen LogP contribution >= 0.6 is 0 Å². The number of hydrogen-bond acceptors (Lipinski definition) is 8. The summed E-state index contributed by atoms with van der Waals surface area (Å²) in [6.45, 7) is 15.5. The zero-order chi connectivity index (χ0) is 31.0. The van der Waals surface area contributed by atoms with E-state index in [2.05, 4.69) is 11.9 Å². The van der Waals surface area contributed by atoms with E-state index in [4.69, 9.17) is 14.2 Å². The van der Waals surface area contributed by atoms with E-state index in [1.54, 1.807) is 57.4 Å². The highest BCUT2D eigenvalue weighted by atomic mass is 16.6. The molecule has 4 aliphatic rings. The Morgan fingerprint density at radius 3 is 2.33 bits per heavy atom. The van der Waals surface area contributed by atoms with Gasteiger partial charge in [-0.3, -0.25) is 14.5 Å². The fraction of sp³-hybridized carbons (Fsp3) is 0.633. The van der Waals surface area contributed by atoms with Crippen LogP contribution in [0.5, 0.6) is 0 Å². The highest BCUT2D eigenvalue weighted by molar-refractivity contribution is 6.03. The second-order valence-corrected chi connectivity index (χ2v) is 13.0. The van der Waals surface area contributed by atoms with Crippen LogP contribution in [0.1, 0.15) is 67.2 Å². The lowest BCUT2D eigenvalue weighted by molar-refractivity contribution is -0.161. The second-order valence-electron chi connectivity index (χ2n) is 13.0. The van der Waals surface area contributed by atoms with Crippen LogP contribution in [0.2, 0.25) is 0 Å². The number of ether oxygens (including phenoxy) is 3. The number of nitrogens with one attached hydrogen (secondary N) is 1. The van der Waals surface area contributed by atoms with Crippen molar-refractivity contribution in [1.29, 1.82) is 0 Å². The summed E-state index contributed by atoms with van der Waals surface area (Å²) in [5, 5.41) is 2.64. The molecule has 3 atom stereocenters. The van der Waals surface area contributed by atoms with Crippen LogP contribution in [0.15, 0.2) is 35.6 Å². The van der Waals surface area contributed by atoms with Gasteiger partial charge < -0.3 is 29.3 Å². The van der Waals surface area contributed by atoms with Crippen molar-refractivity contribution in [2.75, 3.05) is 26.2 Å². The van der Waals surface area contributed by atoms with Gasteiger partial charge in [0.15, 0.2) is 0 Å². The van der Waals surface area contributed by atoms with Gasteiger partial charge in [-0.05, 0) is 78.9 Å². The molecule has 12 heteroatoms. The standard InChI is InChI=1S/C30H42N4O8/c1-8-15-40-28(39)32-13-12-20(17-32)33-14-11-19(24(33)35)16-18-9-10-21-22(31-27(38)42-30(5,6)7)25(36)34(21)23(18)26(37)41-29(2,3)4/h8,16,20-22H,1,9-15,17H2,2-7H3,(H,31,38)/b19-16-/t20-,21-,22+/m1/s1. The van der Waals surface area contributed by atoms with Crippen molar-refractivity contribution >= 4 is 30.0 Å². The third-order valence-corrected chi connectivity index (χ3v) is 7.43. The van der Waals surface area contributed by atoms with Crippen molar-refractivity contribution in [1.82, 2.24) is 20.0 Å². The molecule has 0 saturated carbocycles. The van der Waals surface area contributed by atoms with Crippen molar-refractivity contribution < 1.29 is 38.2 Å². The molecule has 3 saturated heterocycles. The largest absolute Gasteiger partial charge is 0.455 e. The van der Waals surface area contributed by atoms with Gasteiger partial charge in [-0.2, -0.15) is 0 Å². The molecule has 3 fully saturated rings. The molecule has 0 radical (unpaired) electrons. The van der Waals surface area contributed by atoms with E-state index in [0.29, 0.717) is 56.5 Å². The number of likely N-dealkylation sites (tertiary alicyclic amines) is 2. The molecule has 0 bridgehead atoms. The smallest absolute Gasteiger partial charge is 0.410 e. The SMILES string of the molecule is C=CCOC(=O)N1CC[C@@H](N2CC/C(=C/C3=C(C(=O)OC(C)(C)C)N4C(=O)[C@@H](NC(=O)OC(C)(C)C)[C@H]4CC3)C2=O)C1. The first-order chi connectivity index (χ1) is 19.6. The monoisotopic (exact) mass is 586 g/mol. The quantitative estimate of drug-likeness (QED) is 0.165. The number of hydrogen-bond donors (Lipinski definition) is 1. The maximum atomic E-state index is 13.5. The number of allylic oxidation sites excluding steroid dienone is 2. The fourth-order valence-electron chi connectivity index (χ4n) is 5.69. The maximum Gasteiger partial charge on any atom is 0.410 e. The average molecular weight is 587 g/mol. The molecule has 42 heavy (non-hydrogen) atoms. The first-order valence-corrected chi connectivity index (χ1v) is 14.4. The van der Waals surface area contributed by atoms with Gasteiger partial charge in [0.2, 0.25) is 5.91 Å². The van der Waals surface area contributed by atoms with Crippen LogP contribution in [-0.2, 0) is 28.6 Å². The summed E-state index contributed by atoms with van der Waals surface area (Å²) in [4.78, 5) is 69.5. The number of esters is 1. The molecule has 12 nitrogen and oxygen atoms in total. The van der Waals surface area contributed by atoms with Gasteiger partial charge in [0, 0.05) is 25.2 Å². The van der Waals surface area contributed by atoms with E-state index in [-0.39, 0.29) is 24.3 Å². The highest BCUT2D eigenvalue weighted by Crippen LogP contribution is 2.39. The molecule has 230 valence electrons. The summed E-state index contributed by atoms with van der Waals surface area (Å²) < 4.78 is 16.1. The number of amides is 4. The number of nitrogens with zero attached hydrogens (tertiary/aromatic N) is 3. The number of β-lactam (4-membered cyclic amide) rings is 1. The first-order valence-electron chi connectivity index (χ1n) is 14.4. The Morgan fingerprint density at radius 2 is 1.69 bits per heavy atom. The molecule has 4 rings (SSSR count). The van der Waals surface area contributed by atoms with E-state index in [0.717, 1.165) is 0 Å². The van der Waals surface area contributed by atoms with E-state index in [1.807, 2.05) is 0 Å². The van der Waals surface area contributed by atoms with Gasteiger partial charge >= 0.3 is 18.2 Å². The minimum atomic E-state index is -0.821. The van der Waals surface area contributed by atoms with E-state index in [1.165, 1.54) is 11.0 Å². The summed E-state index contributed by atoms with van der Waals surface area (Å²) in [6, 6.07) is -1.39. The lowest BCUT2D eigenvalue weighted by Crippen LogP contribution is -2.72. The fourth-order valence-corrected chi connectivity index (χ4v) is 5.69. The number of carbonyl (C=O) groups excluding carboxylic acids is 5. The van der Waals surface area contributed by atoms with Crippen LogP contribution < -0.4 is 5.32 Å². The number of fused-ring (bicyclic) bond motifs is 1. The molecule has 0 aromatic heterocycles. The summed E-state index contributed by atoms with van der Waals surface area (Å²) in [5.41, 5.74) is -0.343. The van der Waals surface area contributed by atoms with E-state index >= 15 is 0 Å². The van der Waals surface area contributed by atoms with Crippen LogP contribution in [0.25, 0.3) is 0 Å². The van der Waals surface area contributed by atoms with Crippen molar-refractivity contribution in [3.63, 3.8) is 0 Å². The Kier molecular flexibility index (Phi) is 8.75. The van der Waals surface area contributed by atoms with Crippen LogP contribution in [0, 0.1) is 0 Å². The summed E-state index contributed by atoms with van der Waals surface area (Å²) >= 11 is 0. The molecule has 0 spiro atoms. The Balaban J connectivity index is 1.53. The second kappa shape index (κ2) is 11.8. The predicted octanol–water partition coefficient (Wildman–Crippen LogP) is 3.04. The van der Waals surface area contributed by atoms with Gasteiger partial charge in [0.1, 0.15) is 29.5 Å². The molecule has 0 aromatic rings. The number of rotatable bonds is 6. The molecule has 4 amide bonds. The third-order valence-electron chi connectivity index (χ3n) is 7.43. The zero-order valence-electron chi connectivity index (χ0n) is 25.4. The van der Waals surface area contributed by atoms with Crippen molar-refractivity contribution in [2.24, 2.45) is 0 Å². The highest BCUT2D eigenvalue weighted by Gasteiger charge is 2.54. The molecule has 0 aliphatic carbocycles. The van der Waals surface area contributed by atoms with E-state index in [9.17, 15) is 24.0 Å². The summed E-state index contributed by atoms with van der Waals surface area (Å²) in [6.07, 6.45) is 4.11. The number of carbonyl (C=O) groups is 5. The minimum Gasteiger partial charge on any atom is -0.455 e. The van der Waals surface area contributed by atoms with Crippen molar-refractivity contribution in [3.8, 4) is 0 Å². The summed E-state index contributed by atoms with van der Waals surface area (Å²) in [5.74, 6) is -1.25. The molecular formula is C30H42N4O8. The lowest BCUT2D eigenvalue weighted by atomic mass is 9.83. The Morgan fingerprint density at radius 1 is 1.00 bits per heavy atom. The molecule has 4 heterocycles. The van der Waals surface area contributed by atoms with Crippen LogP contribution in [0.4, 0.5) is 9.59 Å². The molecule has 0 unspecified atom stereocenters. The molecule has 0 aromatic carbocycles. The number of alkyl carbamates (subject to hydrolysis) is 1. The van der Waals surface area contributed by atoms with Crippen LogP contribution in [-0.4, -0.2) is 100 Å². The topological polar surface area (TPSA) is 135 Å². The van der Waals surface area contributed by atoms with Crippen molar-refractivity contribution in [2.45, 2.75) is 96.6 Å².